The summed E-state index contributed by atoms with van der Waals surface area (Å²) in [7, 11) is 0. The Balaban J connectivity index is 1.90. The first-order chi connectivity index (χ1) is 10.6. The van der Waals surface area contributed by atoms with Crippen molar-refractivity contribution in [1.29, 1.82) is 0 Å². The molecular formula is C17H17NO4. The van der Waals surface area contributed by atoms with E-state index >= 15 is 0 Å². The van der Waals surface area contributed by atoms with Crippen molar-refractivity contribution in [3.63, 3.8) is 0 Å². The summed E-state index contributed by atoms with van der Waals surface area (Å²) in [6.45, 7) is 1.97. The molecule has 1 amide bonds. The number of carboxylic acids is 1. The van der Waals surface area contributed by atoms with E-state index in [1.165, 1.54) is 6.07 Å². The largest absolute Gasteiger partial charge is 0.483 e. The summed E-state index contributed by atoms with van der Waals surface area (Å²) in [5, 5.41) is 11.8. The quantitative estimate of drug-likeness (QED) is 0.858. The minimum atomic E-state index is -1.08. The first-order valence-electron chi connectivity index (χ1n) is 6.83. The fraction of sp³-hybridized carbons (Fsp3) is 0.176. The Hall–Kier alpha value is -2.82. The molecule has 0 aliphatic carbocycles. The molecule has 114 valence electrons. The Labute approximate surface area is 128 Å². The van der Waals surface area contributed by atoms with Gasteiger partial charge < -0.3 is 15.2 Å². The van der Waals surface area contributed by atoms with Gasteiger partial charge >= 0.3 is 5.97 Å². The lowest BCUT2D eigenvalue weighted by Crippen LogP contribution is -2.28. The van der Waals surface area contributed by atoms with Crippen molar-refractivity contribution >= 4 is 11.9 Å². The van der Waals surface area contributed by atoms with Crippen molar-refractivity contribution in [2.75, 3.05) is 6.61 Å². The second kappa shape index (κ2) is 7.26. The van der Waals surface area contributed by atoms with Gasteiger partial charge in [0.05, 0.1) is 0 Å². The zero-order chi connectivity index (χ0) is 15.9. The van der Waals surface area contributed by atoms with E-state index in [0.29, 0.717) is 6.54 Å². The fourth-order valence-corrected chi connectivity index (χ4v) is 1.93. The van der Waals surface area contributed by atoms with Gasteiger partial charge in [0.1, 0.15) is 11.3 Å². The van der Waals surface area contributed by atoms with Crippen LogP contribution in [0.1, 0.15) is 21.5 Å². The molecule has 22 heavy (non-hydrogen) atoms. The Kier molecular flexibility index (Phi) is 5.14. The SMILES string of the molecule is Cc1ccc(OCC(=O)NCc2ccccc2)c(C(=O)O)c1. The molecule has 0 heterocycles. The van der Waals surface area contributed by atoms with Gasteiger partial charge in [0.25, 0.3) is 5.91 Å². The Bertz CT molecular complexity index is 668. The van der Waals surface area contributed by atoms with Crippen LogP contribution in [0.25, 0.3) is 0 Å². The number of carbonyl (C=O) groups is 2. The molecule has 2 aromatic carbocycles. The number of benzene rings is 2. The van der Waals surface area contributed by atoms with Crippen LogP contribution in [-0.2, 0) is 11.3 Å². The Morgan fingerprint density at radius 2 is 1.86 bits per heavy atom. The van der Waals surface area contributed by atoms with Crippen LogP contribution in [0, 0.1) is 6.92 Å². The summed E-state index contributed by atoms with van der Waals surface area (Å²) in [5.41, 5.74) is 1.85. The third kappa shape index (κ3) is 4.34. The van der Waals surface area contributed by atoms with Crippen molar-refractivity contribution in [2.24, 2.45) is 0 Å². The fourth-order valence-electron chi connectivity index (χ4n) is 1.93. The molecule has 0 aliphatic rings. The predicted molar refractivity (Wildman–Crippen MR) is 81.9 cm³/mol. The molecule has 0 aliphatic heterocycles. The summed E-state index contributed by atoms with van der Waals surface area (Å²) in [6.07, 6.45) is 0. The molecule has 2 N–H and O–H groups in total. The van der Waals surface area contributed by atoms with Gasteiger partial charge in [-0.2, -0.15) is 0 Å². The molecule has 0 aromatic heterocycles. The summed E-state index contributed by atoms with van der Waals surface area (Å²) in [4.78, 5) is 22.9. The van der Waals surface area contributed by atoms with Crippen molar-refractivity contribution in [2.45, 2.75) is 13.5 Å². The summed E-state index contributed by atoms with van der Waals surface area (Å²) in [6, 6.07) is 14.3. The third-order valence-corrected chi connectivity index (χ3v) is 3.06. The van der Waals surface area contributed by atoms with E-state index in [4.69, 9.17) is 9.84 Å². The lowest BCUT2D eigenvalue weighted by molar-refractivity contribution is -0.123. The standard InChI is InChI=1S/C17H17NO4/c1-12-7-8-15(14(9-12)17(20)21)22-11-16(19)18-10-13-5-3-2-4-6-13/h2-9H,10-11H2,1H3,(H,18,19)(H,20,21). The first kappa shape index (κ1) is 15.6. The molecule has 0 saturated heterocycles. The molecule has 0 bridgehead atoms. The normalized spacial score (nSPS) is 10.0. The highest BCUT2D eigenvalue weighted by Gasteiger charge is 2.12. The van der Waals surface area contributed by atoms with E-state index in [9.17, 15) is 9.59 Å². The maximum Gasteiger partial charge on any atom is 0.339 e. The van der Waals surface area contributed by atoms with Crippen LogP contribution in [0.4, 0.5) is 0 Å². The van der Waals surface area contributed by atoms with Gasteiger partial charge in [0, 0.05) is 6.54 Å². The van der Waals surface area contributed by atoms with Crippen molar-refractivity contribution in [1.82, 2.24) is 5.32 Å². The van der Waals surface area contributed by atoms with Crippen molar-refractivity contribution in [3.8, 4) is 5.75 Å². The van der Waals surface area contributed by atoms with Gasteiger partial charge in [-0.05, 0) is 24.6 Å². The van der Waals surface area contributed by atoms with E-state index in [0.717, 1.165) is 11.1 Å². The average molecular weight is 299 g/mol. The number of hydrogen-bond acceptors (Lipinski definition) is 3. The number of aromatic carboxylic acids is 1. The van der Waals surface area contributed by atoms with Crippen LogP contribution in [0.3, 0.4) is 0 Å². The average Bonchev–Trinajstić information content (AvgIpc) is 2.52. The van der Waals surface area contributed by atoms with Crippen molar-refractivity contribution in [3.05, 3.63) is 65.2 Å². The van der Waals surface area contributed by atoms with Gasteiger partial charge in [-0.3, -0.25) is 4.79 Å². The molecule has 0 fully saturated rings. The molecule has 0 atom stereocenters. The highest BCUT2D eigenvalue weighted by atomic mass is 16.5. The van der Waals surface area contributed by atoms with Crippen LogP contribution in [0.5, 0.6) is 5.75 Å². The molecule has 5 nitrogen and oxygen atoms in total. The number of carboxylic acid groups (broad SMARTS) is 1. The molecule has 2 aromatic rings. The van der Waals surface area contributed by atoms with Gasteiger partial charge in [-0.1, -0.05) is 42.0 Å². The van der Waals surface area contributed by atoms with Crippen LogP contribution in [0.15, 0.2) is 48.5 Å². The number of carbonyl (C=O) groups excluding carboxylic acids is 1. The molecule has 0 radical (unpaired) electrons. The number of aryl methyl sites for hydroxylation is 1. The van der Waals surface area contributed by atoms with Crippen LogP contribution >= 0.6 is 0 Å². The number of amides is 1. The maximum atomic E-state index is 11.8. The zero-order valence-electron chi connectivity index (χ0n) is 12.2. The molecule has 5 heteroatoms. The second-order valence-corrected chi connectivity index (χ2v) is 4.86. The van der Waals surface area contributed by atoms with Crippen LogP contribution in [0.2, 0.25) is 0 Å². The second-order valence-electron chi connectivity index (χ2n) is 4.86. The zero-order valence-corrected chi connectivity index (χ0v) is 12.2. The minimum Gasteiger partial charge on any atom is -0.483 e. The lowest BCUT2D eigenvalue weighted by atomic mass is 10.1. The molecule has 2 rings (SSSR count). The minimum absolute atomic E-state index is 0.0517. The van der Waals surface area contributed by atoms with Crippen LogP contribution in [-0.4, -0.2) is 23.6 Å². The van der Waals surface area contributed by atoms with E-state index in [1.54, 1.807) is 19.1 Å². The van der Waals surface area contributed by atoms with E-state index in [-0.39, 0.29) is 23.8 Å². The number of ether oxygens (including phenoxy) is 1. The topological polar surface area (TPSA) is 75.6 Å². The monoisotopic (exact) mass is 299 g/mol. The van der Waals surface area contributed by atoms with Gasteiger partial charge in [0.2, 0.25) is 0 Å². The van der Waals surface area contributed by atoms with E-state index < -0.39 is 5.97 Å². The van der Waals surface area contributed by atoms with Crippen molar-refractivity contribution < 1.29 is 19.4 Å². The smallest absolute Gasteiger partial charge is 0.339 e. The van der Waals surface area contributed by atoms with E-state index in [2.05, 4.69) is 5.32 Å². The summed E-state index contributed by atoms with van der Waals surface area (Å²) in [5.74, 6) is -1.20. The number of hydrogen-bond donors (Lipinski definition) is 2. The van der Waals surface area contributed by atoms with Crippen LogP contribution < -0.4 is 10.1 Å². The maximum absolute atomic E-state index is 11.8. The summed E-state index contributed by atoms with van der Waals surface area (Å²) < 4.78 is 5.31. The third-order valence-electron chi connectivity index (χ3n) is 3.06. The highest BCUT2D eigenvalue weighted by molar-refractivity contribution is 5.91. The molecule has 0 unspecified atom stereocenters. The first-order valence-corrected chi connectivity index (χ1v) is 6.83. The number of rotatable bonds is 6. The molecule has 0 saturated carbocycles. The Morgan fingerprint density at radius 1 is 1.14 bits per heavy atom. The van der Waals surface area contributed by atoms with Gasteiger partial charge in [-0.15, -0.1) is 0 Å². The lowest BCUT2D eigenvalue weighted by Gasteiger charge is -2.10. The summed E-state index contributed by atoms with van der Waals surface area (Å²) >= 11 is 0. The number of nitrogens with one attached hydrogen (secondary N) is 1. The van der Waals surface area contributed by atoms with E-state index in [1.807, 2.05) is 30.3 Å². The predicted octanol–water partition coefficient (Wildman–Crippen LogP) is 2.39. The van der Waals surface area contributed by atoms with Gasteiger partial charge in [-0.25, -0.2) is 4.79 Å². The molecular weight excluding hydrogens is 282 g/mol. The molecule has 0 spiro atoms. The van der Waals surface area contributed by atoms with Gasteiger partial charge in [0.15, 0.2) is 6.61 Å². The highest BCUT2D eigenvalue weighted by Crippen LogP contribution is 2.19. The Morgan fingerprint density at radius 3 is 2.55 bits per heavy atom.